The fourth-order valence-electron chi connectivity index (χ4n) is 2.44. The Hall–Kier alpha value is -1.65. The largest absolute Gasteiger partial charge is 0.361 e. The lowest BCUT2D eigenvalue weighted by Gasteiger charge is -2.33. The minimum Gasteiger partial charge on any atom is -0.361 e. The van der Waals surface area contributed by atoms with Gasteiger partial charge in [-0.1, -0.05) is 35.9 Å². The molecule has 1 atom stereocenters. The van der Waals surface area contributed by atoms with Gasteiger partial charge in [0.2, 0.25) is 0 Å². The number of benzene rings is 2. The Labute approximate surface area is 128 Å². The maximum atomic E-state index is 14.2. The summed E-state index contributed by atoms with van der Waals surface area (Å²) in [5, 5.41) is 0.0375. The number of anilines is 1. The second kappa shape index (κ2) is 6.87. The van der Waals surface area contributed by atoms with Gasteiger partial charge in [-0.25, -0.2) is 8.78 Å². The molecule has 2 rings (SSSR count). The molecule has 0 aliphatic rings. The van der Waals surface area contributed by atoms with E-state index in [0.717, 1.165) is 0 Å². The van der Waals surface area contributed by atoms with E-state index in [-0.39, 0.29) is 17.4 Å². The van der Waals surface area contributed by atoms with Crippen LogP contribution in [0.2, 0.25) is 5.02 Å². The highest BCUT2D eigenvalue weighted by Gasteiger charge is 2.24. The van der Waals surface area contributed by atoms with E-state index in [0.29, 0.717) is 17.8 Å². The normalized spacial score (nSPS) is 12.2. The van der Waals surface area contributed by atoms with Gasteiger partial charge in [0.05, 0.1) is 16.8 Å². The van der Waals surface area contributed by atoms with Crippen LogP contribution >= 0.6 is 11.6 Å². The molecule has 1 unspecified atom stereocenters. The molecule has 0 aliphatic heterocycles. The monoisotopic (exact) mass is 310 g/mol. The molecular weight excluding hydrogens is 294 g/mol. The summed E-state index contributed by atoms with van der Waals surface area (Å²) in [7, 11) is 0. The maximum absolute atomic E-state index is 14.2. The molecule has 0 saturated carbocycles. The molecule has 0 saturated heterocycles. The minimum atomic E-state index is -0.510. The molecule has 21 heavy (non-hydrogen) atoms. The van der Waals surface area contributed by atoms with Crippen LogP contribution in [-0.2, 0) is 0 Å². The van der Waals surface area contributed by atoms with Crippen LogP contribution in [0, 0.1) is 11.6 Å². The molecule has 2 aromatic carbocycles. The first-order valence-electron chi connectivity index (χ1n) is 6.75. The van der Waals surface area contributed by atoms with E-state index in [1.165, 1.54) is 12.1 Å². The first-order chi connectivity index (χ1) is 10.1. The Balaban J connectivity index is 2.48. The van der Waals surface area contributed by atoms with Crippen LogP contribution in [0.3, 0.4) is 0 Å². The average Bonchev–Trinajstić information content (AvgIpc) is 2.49. The highest BCUT2D eigenvalue weighted by Crippen LogP contribution is 2.31. The molecule has 112 valence electrons. The van der Waals surface area contributed by atoms with Crippen LogP contribution in [0.25, 0.3) is 0 Å². The second-order valence-electron chi connectivity index (χ2n) is 4.63. The van der Waals surface area contributed by atoms with E-state index in [1.54, 1.807) is 35.2 Å². The van der Waals surface area contributed by atoms with Crippen LogP contribution in [0.4, 0.5) is 14.5 Å². The lowest BCUT2D eigenvalue weighted by atomic mass is 10.0. The van der Waals surface area contributed by atoms with E-state index in [4.69, 9.17) is 17.3 Å². The molecule has 5 heteroatoms. The summed E-state index contributed by atoms with van der Waals surface area (Å²) < 4.78 is 28.3. The van der Waals surface area contributed by atoms with Gasteiger partial charge in [0.25, 0.3) is 0 Å². The lowest BCUT2D eigenvalue weighted by molar-refractivity contribution is 0.550. The van der Waals surface area contributed by atoms with Gasteiger partial charge in [-0.15, -0.1) is 0 Å². The second-order valence-corrected chi connectivity index (χ2v) is 5.04. The summed E-state index contributed by atoms with van der Waals surface area (Å²) >= 11 is 5.83. The molecule has 0 amide bonds. The number of para-hydroxylation sites is 1. The molecule has 0 aliphatic carbocycles. The zero-order chi connectivity index (χ0) is 15.4. The fourth-order valence-corrected chi connectivity index (χ4v) is 2.63. The topological polar surface area (TPSA) is 29.3 Å². The Morgan fingerprint density at radius 2 is 1.86 bits per heavy atom. The Bertz CT molecular complexity index is 619. The van der Waals surface area contributed by atoms with Crippen molar-refractivity contribution in [2.75, 3.05) is 18.0 Å². The van der Waals surface area contributed by atoms with Gasteiger partial charge in [-0.05, 0) is 25.1 Å². The number of likely N-dealkylation sites (N-methyl/N-ethyl adjacent to an activating group) is 1. The summed E-state index contributed by atoms with van der Waals surface area (Å²) in [6.45, 7) is 2.52. The summed E-state index contributed by atoms with van der Waals surface area (Å²) in [5.41, 5.74) is 6.58. The van der Waals surface area contributed by atoms with Crippen LogP contribution < -0.4 is 10.6 Å². The highest BCUT2D eigenvalue weighted by molar-refractivity contribution is 6.30. The van der Waals surface area contributed by atoms with Crippen molar-refractivity contribution < 1.29 is 8.78 Å². The summed E-state index contributed by atoms with van der Waals surface area (Å²) in [6.07, 6.45) is 0. The number of nitrogens with zero attached hydrogens (tertiary/aromatic N) is 1. The number of hydrogen-bond donors (Lipinski definition) is 1. The van der Waals surface area contributed by atoms with Crippen molar-refractivity contribution in [3.05, 3.63) is 64.7 Å². The Kier molecular flexibility index (Phi) is 5.15. The third-order valence-corrected chi connectivity index (χ3v) is 3.73. The van der Waals surface area contributed by atoms with Crippen molar-refractivity contribution in [3.8, 4) is 0 Å². The SMILES string of the molecule is CCN(c1ccccc1F)C(CN)c1cccc(Cl)c1F. The maximum Gasteiger partial charge on any atom is 0.147 e. The van der Waals surface area contributed by atoms with E-state index in [9.17, 15) is 8.78 Å². The zero-order valence-electron chi connectivity index (χ0n) is 11.7. The molecule has 0 aromatic heterocycles. The van der Waals surface area contributed by atoms with Gasteiger partial charge >= 0.3 is 0 Å². The van der Waals surface area contributed by atoms with E-state index < -0.39 is 11.9 Å². The fraction of sp³-hybridized carbons (Fsp3) is 0.250. The summed E-state index contributed by atoms with van der Waals surface area (Å²) in [4.78, 5) is 1.74. The van der Waals surface area contributed by atoms with Gasteiger partial charge in [0.15, 0.2) is 0 Å². The first-order valence-corrected chi connectivity index (χ1v) is 7.13. The van der Waals surface area contributed by atoms with Crippen molar-refractivity contribution >= 4 is 17.3 Å². The van der Waals surface area contributed by atoms with Gasteiger partial charge in [0.1, 0.15) is 11.6 Å². The smallest absolute Gasteiger partial charge is 0.147 e. The van der Waals surface area contributed by atoms with Crippen LogP contribution in [0.15, 0.2) is 42.5 Å². The molecule has 0 heterocycles. The number of halogens is 3. The van der Waals surface area contributed by atoms with Crippen molar-refractivity contribution in [1.82, 2.24) is 0 Å². The van der Waals surface area contributed by atoms with Gasteiger partial charge < -0.3 is 10.6 Å². The third kappa shape index (κ3) is 3.17. The van der Waals surface area contributed by atoms with Crippen LogP contribution in [0.5, 0.6) is 0 Å². The predicted octanol–water partition coefficient (Wildman–Crippen LogP) is 4.14. The van der Waals surface area contributed by atoms with E-state index >= 15 is 0 Å². The quantitative estimate of drug-likeness (QED) is 0.899. The van der Waals surface area contributed by atoms with Gasteiger partial charge in [0, 0.05) is 18.7 Å². The standard InChI is InChI=1S/C16H17ClF2N2/c1-2-21(14-9-4-3-8-13(14)18)15(10-20)11-6-5-7-12(17)16(11)19/h3-9,15H,2,10,20H2,1H3. The molecule has 0 spiro atoms. The molecule has 0 radical (unpaired) electrons. The van der Waals surface area contributed by atoms with Crippen LogP contribution in [-0.4, -0.2) is 13.1 Å². The molecule has 0 fully saturated rings. The predicted molar refractivity (Wildman–Crippen MR) is 82.6 cm³/mol. The molecule has 2 N–H and O–H groups in total. The van der Waals surface area contributed by atoms with Gasteiger partial charge in [-0.3, -0.25) is 0 Å². The van der Waals surface area contributed by atoms with E-state index in [1.807, 2.05) is 6.92 Å². The number of nitrogens with two attached hydrogens (primary N) is 1. The molecule has 0 bridgehead atoms. The molecular formula is C16H17ClF2N2. The number of rotatable bonds is 5. The Morgan fingerprint density at radius 1 is 1.14 bits per heavy atom. The highest BCUT2D eigenvalue weighted by atomic mass is 35.5. The zero-order valence-corrected chi connectivity index (χ0v) is 12.4. The third-order valence-electron chi connectivity index (χ3n) is 3.44. The number of hydrogen-bond acceptors (Lipinski definition) is 2. The average molecular weight is 311 g/mol. The summed E-state index contributed by atoms with van der Waals surface area (Å²) in [6, 6.07) is 10.7. The van der Waals surface area contributed by atoms with Crippen molar-refractivity contribution in [1.29, 1.82) is 0 Å². The van der Waals surface area contributed by atoms with Crippen molar-refractivity contribution in [2.24, 2.45) is 5.73 Å². The molecule has 2 aromatic rings. The molecule has 2 nitrogen and oxygen atoms in total. The van der Waals surface area contributed by atoms with E-state index in [2.05, 4.69) is 0 Å². The van der Waals surface area contributed by atoms with Gasteiger partial charge in [-0.2, -0.15) is 0 Å². The van der Waals surface area contributed by atoms with Crippen molar-refractivity contribution in [2.45, 2.75) is 13.0 Å². The summed E-state index contributed by atoms with van der Waals surface area (Å²) in [5.74, 6) is -0.871. The minimum absolute atomic E-state index is 0.0375. The lowest BCUT2D eigenvalue weighted by Crippen LogP contribution is -2.35. The Morgan fingerprint density at radius 3 is 2.48 bits per heavy atom. The van der Waals surface area contributed by atoms with Crippen molar-refractivity contribution in [3.63, 3.8) is 0 Å². The van der Waals surface area contributed by atoms with Crippen LogP contribution in [0.1, 0.15) is 18.5 Å². The first kappa shape index (κ1) is 15.7.